The van der Waals surface area contributed by atoms with E-state index in [1.807, 2.05) is 6.07 Å². The first-order valence-electron chi connectivity index (χ1n) is 12.2. The van der Waals surface area contributed by atoms with Crippen molar-refractivity contribution in [1.29, 1.82) is 0 Å². The molecule has 4 N–H and O–H groups in total. The number of carbonyl (C=O) groups excluding carboxylic acids is 2. The van der Waals surface area contributed by atoms with Crippen molar-refractivity contribution in [3.05, 3.63) is 110 Å². The van der Waals surface area contributed by atoms with E-state index in [4.69, 9.17) is 56.6 Å². The summed E-state index contributed by atoms with van der Waals surface area (Å²) in [4.78, 5) is 33.4. The monoisotopic (exact) mass is 636 g/mol. The molecule has 42 heavy (non-hydrogen) atoms. The van der Waals surface area contributed by atoms with E-state index in [1.165, 1.54) is 0 Å². The van der Waals surface area contributed by atoms with Gasteiger partial charge in [0.15, 0.2) is 5.78 Å². The van der Waals surface area contributed by atoms with Crippen molar-refractivity contribution in [1.82, 2.24) is 20.2 Å². The van der Waals surface area contributed by atoms with E-state index >= 15 is 0 Å². The minimum atomic E-state index is -0.498. The van der Waals surface area contributed by atoms with Crippen LogP contribution in [0.15, 0.2) is 77.2 Å². The average molecular weight is 638 g/mol. The zero-order valence-electron chi connectivity index (χ0n) is 21.1. The number of nitrogen functional groups attached to an aromatic ring is 1. The van der Waals surface area contributed by atoms with Gasteiger partial charge in [0.1, 0.15) is 5.82 Å². The number of aromatic amines is 1. The number of halogens is 4. The molecule has 0 aliphatic heterocycles. The fraction of sp³-hybridized carbons (Fsp3) is 0. The molecule has 0 atom stereocenters. The molecule has 0 saturated carbocycles. The van der Waals surface area contributed by atoms with Crippen LogP contribution in [0.25, 0.3) is 33.9 Å². The molecule has 0 spiro atoms. The number of imidazole rings is 1. The van der Waals surface area contributed by atoms with Crippen LogP contribution in [0.2, 0.25) is 20.1 Å². The number of nitrogens with one attached hydrogen (secondary N) is 2. The van der Waals surface area contributed by atoms with Crippen LogP contribution in [-0.4, -0.2) is 31.9 Å². The maximum atomic E-state index is 13.0. The maximum Gasteiger partial charge on any atom is 0.322 e. The Balaban J connectivity index is 1.41. The Morgan fingerprint density at radius 1 is 0.762 bits per heavy atom. The van der Waals surface area contributed by atoms with Gasteiger partial charge in [0.2, 0.25) is 0 Å². The topological polar surface area (TPSA) is 140 Å². The molecule has 6 rings (SSSR count). The predicted octanol–water partition coefficient (Wildman–Crippen LogP) is 7.96. The van der Waals surface area contributed by atoms with Crippen molar-refractivity contribution in [2.45, 2.75) is 0 Å². The first-order chi connectivity index (χ1) is 20.2. The van der Waals surface area contributed by atoms with Crippen molar-refractivity contribution in [3.8, 4) is 22.8 Å². The number of hydrogen-bond acceptors (Lipinski definition) is 7. The third-order valence-electron chi connectivity index (χ3n) is 6.32. The van der Waals surface area contributed by atoms with Crippen LogP contribution in [0.5, 0.6) is 0 Å². The number of nitrogens with two attached hydrogens (primary N) is 1. The standard InChI is InChI=1S/C29H16Cl4N6O3/c30-21-19(26-35-17-11-8-15(12-18(17)36-26)25(40)13-4-2-1-3-5-13)20(22(31)24(33)23(21)32)28-38-39-29(42-28)37-27(41)14-6-9-16(34)10-7-14/h1-12H,34H2,(H,35,36)(H,37,39,41). The zero-order valence-corrected chi connectivity index (χ0v) is 24.1. The third kappa shape index (κ3) is 5.08. The van der Waals surface area contributed by atoms with E-state index in [-0.39, 0.29) is 54.7 Å². The molecule has 0 saturated heterocycles. The molecular formula is C29H16Cl4N6O3. The molecule has 0 radical (unpaired) electrons. The molecule has 6 aromatic rings. The SMILES string of the molecule is Nc1ccc(C(=O)Nc2nnc(-c3c(Cl)c(Cl)c(Cl)c(Cl)c3-c3nc4ccc(C(=O)c5ccccc5)cc4[nH]3)o2)cc1. The van der Waals surface area contributed by atoms with Gasteiger partial charge in [-0.3, -0.25) is 14.9 Å². The van der Waals surface area contributed by atoms with Gasteiger partial charge in [-0.15, -0.1) is 5.10 Å². The van der Waals surface area contributed by atoms with E-state index in [0.717, 1.165) is 0 Å². The van der Waals surface area contributed by atoms with Crippen LogP contribution in [0.1, 0.15) is 26.3 Å². The Labute approximate surface area is 257 Å². The summed E-state index contributed by atoms with van der Waals surface area (Å²) in [5.74, 6) is -0.505. The summed E-state index contributed by atoms with van der Waals surface area (Å²) >= 11 is 26.1. The molecule has 4 aromatic carbocycles. The zero-order chi connectivity index (χ0) is 29.5. The first kappa shape index (κ1) is 27.7. The fourth-order valence-corrected chi connectivity index (χ4v) is 5.28. The summed E-state index contributed by atoms with van der Waals surface area (Å²) in [5.41, 5.74) is 8.99. The van der Waals surface area contributed by atoms with Crippen LogP contribution in [-0.2, 0) is 0 Å². The molecule has 0 aliphatic rings. The number of amides is 1. The molecule has 1 amide bonds. The summed E-state index contributed by atoms with van der Waals surface area (Å²) in [6.07, 6.45) is 0. The minimum Gasteiger partial charge on any atom is -0.403 e. The van der Waals surface area contributed by atoms with Crippen LogP contribution in [0, 0.1) is 0 Å². The highest BCUT2D eigenvalue weighted by Crippen LogP contribution is 2.49. The lowest BCUT2D eigenvalue weighted by atomic mass is 10.0. The van der Waals surface area contributed by atoms with E-state index < -0.39 is 5.91 Å². The average Bonchev–Trinajstić information content (AvgIpc) is 3.64. The molecular weight excluding hydrogens is 622 g/mol. The molecule has 0 unspecified atom stereocenters. The molecule has 208 valence electrons. The van der Waals surface area contributed by atoms with Gasteiger partial charge in [0, 0.05) is 22.4 Å². The van der Waals surface area contributed by atoms with Crippen molar-refractivity contribution < 1.29 is 14.0 Å². The smallest absolute Gasteiger partial charge is 0.322 e. The lowest BCUT2D eigenvalue weighted by Gasteiger charge is -2.12. The highest BCUT2D eigenvalue weighted by atomic mass is 35.5. The largest absolute Gasteiger partial charge is 0.403 e. The van der Waals surface area contributed by atoms with Crippen LogP contribution >= 0.6 is 46.4 Å². The quantitative estimate of drug-likeness (QED) is 0.0728. The fourth-order valence-electron chi connectivity index (χ4n) is 4.26. The van der Waals surface area contributed by atoms with Gasteiger partial charge in [-0.2, -0.15) is 0 Å². The van der Waals surface area contributed by atoms with Gasteiger partial charge in [-0.25, -0.2) is 4.98 Å². The second-order valence-corrected chi connectivity index (χ2v) is 10.5. The number of anilines is 2. The lowest BCUT2D eigenvalue weighted by Crippen LogP contribution is -2.12. The molecule has 9 nitrogen and oxygen atoms in total. The van der Waals surface area contributed by atoms with Gasteiger partial charge in [0.25, 0.3) is 11.8 Å². The molecule has 2 heterocycles. The van der Waals surface area contributed by atoms with Crippen molar-refractivity contribution in [3.63, 3.8) is 0 Å². The van der Waals surface area contributed by atoms with Crippen molar-refractivity contribution >= 4 is 80.8 Å². The first-order valence-corrected chi connectivity index (χ1v) is 13.7. The summed E-state index contributed by atoms with van der Waals surface area (Å²) in [6.45, 7) is 0. The number of hydrogen-bond donors (Lipinski definition) is 3. The van der Waals surface area contributed by atoms with Gasteiger partial charge >= 0.3 is 6.01 Å². The number of rotatable bonds is 6. The van der Waals surface area contributed by atoms with Crippen LogP contribution in [0.3, 0.4) is 0 Å². The Morgan fingerprint density at radius 2 is 1.43 bits per heavy atom. The van der Waals surface area contributed by atoms with Gasteiger partial charge in [-0.1, -0.05) is 81.8 Å². The number of aromatic nitrogens is 4. The van der Waals surface area contributed by atoms with E-state index in [2.05, 4.69) is 25.5 Å². The third-order valence-corrected chi connectivity index (χ3v) is 8.12. The Kier molecular flexibility index (Phi) is 7.34. The number of H-pyrrole nitrogens is 1. The number of ketones is 1. The van der Waals surface area contributed by atoms with E-state index in [1.54, 1.807) is 66.7 Å². The second kappa shape index (κ2) is 11.1. The molecule has 2 aromatic heterocycles. The molecule has 0 aliphatic carbocycles. The Hall–Kier alpha value is -4.41. The second-order valence-electron chi connectivity index (χ2n) is 9.01. The molecule has 0 fully saturated rings. The minimum absolute atomic E-state index is 0.0149. The predicted molar refractivity (Wildman–Crippen MR) is 164 cm³/mol. The number of nitrogens with zero attached hydrogens (tertiary/aromatic N) is 3. The highest BCUT2D eigenvalue weighted by molar-refractivity contribution is 6.54. The number of benzene rings is 4. The van der Waals surface area contributed by atoms with Crippen LogP contribution in [0.4, 0.5) is 11.7 Å². The number of fused-ring (bicyclic) bond motifs is 1. The summed E-state index contributed by atoms with van der Waals surface area (Å²) in [7, 11) is 0. The summed E-state index contributed by atoms with van der Waals surface area (Å²) < 4.78 is 5.74. The van der Waals surface area contributed by atoms with Crippen LogP contribution < -0.4 is 11.1 Å². The lowest BCUT2D eigenvalue weighted by molar-refractivity contribution is 0.102. The van der Waals surface area contributed by atoms with Gasteiger partial charge in [-0.05, 0) is 42.5 Å². The van der Waals surface area contributed by atoms with Gasteiger partial charge < -0.3 is 15.1 Å². The molecule has 0 bridgehead atoms. The van der Waals surface area contributed by atoms with Gasteiger partial charge in [0.05, 0.1) is 42.3 Å². The van der Waals surface area contributed by atoms with Crippen molar-refractivity contribution in [2.75, 3.05) is 11.1 Å². The Bertz CT molecular complexity index is 2010. The van der Waals surface area contributed by atoms with E-state index in [0.29, 0.717) is 33.4 Å². The highest BCUT2D eigenvalue weighted by Gasteiger charge is 2.28. The molecule has 13 heteroatoms. The van der Waals surface area contributed by atoms with Crippen molar-refractivity contribution in [2.24, 2.45) is 0 Å². The maximum absolute atomic E-state index is 13.0. The summed E-state index contributed by atoms with van der Waals surface area (Å²) in [6, 6.07) is 20.1. The summed E-state index contributed by atoms with van der Waals surface area (Å²) in [5, 5.41) is 10.4. The van der Waals surface area contributed by atoms with E-state index in [9.17, 15) is 9.59 Å². The number of carbonyl (C=O) groups is 2. The Morgan fingerprint density at radius 3 is 2.14 bits per heavy atom. The normalized spacial score (nSPS) is 11.1.